The van der Waals surface area contributed by atoms with E-state index in [2.05, 4.69) is 64.1 Å². The van der Waals surface area contributed by atoms with Crippen molar-refractivity contribution in [1.29, 1.82) is 0 Å². The van der Waals surface area contributed by atoms with Crippen molar-refractivity contribution < 1.29 is 4.74 Å². The maximum absolute atomic E-state index is 5.27. The lowest BCUT2D eigenvalue weighted by Gasteiger charge is -2.11. The predicted octanol–water partition coefficient (Wildman–Crippen LogP) is 4.09. The fourth-order valence-electron chi connectivity index (χ4n) is 2.94. The first-order valence-electron chi connectivity index (χ1n) is 9.00. The molecule has 27 heavy (non-hydrogen) atoms. The second kappa shape index (κ2) is 10.8. The smallest absolute Gasteiger partial charge is 0.191 e. The number of benzene rings is 2. The predicted molar refractivity (Wildman–Crippen MR) is 123 cm³/mol. The maximum Gasteiger partial charge on any atom is 0.191 e. The molecule has 3 rings (SSSR count). The summed E-state index contributed by atoms with van der Waals surface area (Å²) in [5.41, 5.74) is 3.62. The average molecular weight is 478 g/mol. The molecule has 0 saturated carbocycles. The first-order valence-corrected chi connectivity index (χ1v) is 9.00. The zero-order chi connectivity index (χ0) is 18.2. The van der Waals surface area contributed by atoms with E-state index < -0.39 is 0 Å². The van der Waals surface area contributed by atoms with Crippen LogP contribution in [0.1, 0.15) is 18.1 Å². The highest BCUT2D eigenvalue weighted by molar-refractivity contribution is 14.0. The lowest BCUT2D eigenvalue weighted by Crippen LogP contribution is -2.38. The van der Waals surface area contributed by atoms with Crippen molar-refractivity contribution in [2.45, 2.75) is 19.9 Å². The van der Waals surface area contributed by atoms with Gasteiger partial charge in [-0.1, -0.05) is 30.3 Å². The van der Waals surface area contributed by atoms with Crippen LogP contribution in [0.4, 0.5) is 0 Å². The van der Waals surface area contributed by atoms with Gasteiger partial charge in [0, 0.05) is 30.2 Å². The quantitative estimate of drug-likeness (QED) is 0.272. The van der Waals surface area contributed by atoms with Gasteiger partial charge in [0.2, 0.25) is 0 Å². The van der Waals surface area contributed by atoms with Gasteiger partial charge in [0.25, 0.3) is 0 Å². The van der Waals surface area contributed by atoms with Gasteiger partial charge in [0.15, 0.2) is 5.96 Å². The van der Waals surface area contributed by atoms with Crippen LogP contribution in [-0.4, -0.2) is 31.1 Å². The second-order valence-electron chi connectivity index (χ2n) is 6.08. The third-order valence-corrected chi connectivity index (χ3v) is 4.26. The minimum absolute atomic E-state index is 0. The Bertz CT molecular complexity index is 875. The number of methoxy groups -OCH3 is 1. The number of fused-ring (bicyclic) bond motifs is 1. The Balaban J connectivity index is 0.00000261. The topological polar surface area (TPSA) is 61.4 Å². The van der Waals surface area contributed by atoms with Crippen LogP contribution in [-0.2, 0) is 13.0 Å². The summed E-state index contributed by atoms with van der Waals surface area (Å²) in [4.78, 5) is 7.99. The highest BCUT2D eigenvalue weighted by atomic mass is 127. The number of nitrogens with zero attached hydrogens (tertiary/aromatic N) is 1. The molecule has 0 aliphatic heterocycles. The molecule has 6 heteroatoms. The molecule has 0 unspecified atom stereocenters. The van der Waals surface area contributed by atoms with Crippen LogP contribution in [0.15, 0.2) is 59.7 Å². The van der Waals surface area contributed by atoms with Crippen molar-refractivity contribution in [3.05, 3.63) is 65.9 Å². The molecule has 1 heterocycles. The number of hydrogen-bond donors (Lipinski definition) is 3. The van der Waals surface area contributed by atoms with Crippen molar-refractivity contribution in [2.75, 3.05) is 20.2 Å². The van der Waals surface area contributed by atoms with Crippen LogP contribution >= 0.6 is 24.0 Å². The molecule has 144 valence electrons. The van der Waals surface area contributed by atoms with Crippen LogP contribution in [0.5, 0.6) is 5.75 Å². The molecule has 1 aromatic heterocycles. The first-order chi connectivity index (χ1) is 12.8. The summed E-state index contributed by atoms with van der Waals surface area (Å²) in [6, 6.07) is 16.4. The summed E-state index contributed by atoms with van der Waals surface area (Å²) >= 11 is 0. The first kappa shape index (κ1) is 21.1. The molecule has 0 aliphatic carbocycles. The van der Waals surface area contributed by atoms with Crippen LogP contribution in [0.3, 0.4) is 0 Å². The van der Waals surface area contributed by atoms with Crippen molar-refractivity contribution in [3.8, 4) is 5.75 Å². The molecule has 0 aliphatic rings. The molecule has 2 aromatic carbocycles. The summed E-state index contributed by atoms with van der Waals surface area (Å²) in [6.07, 6.45) is 3.03. The zero-order valence-electron chi connectivity index (χ0n) is 15.8. The van der Waals surface area contributed by atoms with Crippen molar-refractivity contribution in [2.24, 2.45) is 4.99 Å². The van der Waals surface area contributed by atoms with Gasteiger partial charge in [-0.25, -0.2) is 4.99 Å². The molecule has 3 N–H and O–H groups in total. The van der Waals surface area contributed by atoms with E-state index >= 15 is 0 Å². The van der Waals surface area contributed by atoms with Gasteiger partial charge in [-0.05, 0) is 42.7 Å². The molecule has 3 aromatic rings. The summed E-state index contributed by atoms with van der Waals surface area (Å²) < 4.78 is 5.27. The zero-order valence-corrected chi connectivity index (χ0v) is 18.1. The van der Waals surface area contributed by atoms with Gasteiger partial charge < -0.3 is 20.4 Å². The van der Waals surface area contributed by atoms with Gasteiger partial charge >= 0.3 is 0 Å². The molecule has 0 bridgehead atoms. The normalized spacial score (nSPS) is 11.1. The Hall–Kier alpha value is -2.22. The van der Waals surface area contributed by atoms with E-state index in [4.69, 9.17) is 4.74 Å². The highest BCUT2D eigenvalue weighted by Gasteiger charge is 2.04. The lowest BCUT2D eigenvalue weighted by atomic mass is 10.1. The molecule has 0 atom stereocenters. The van der Waals surface area contributed by atoms with Crippen molar-refractivity contribution in [1.82, 2.24) is 15.6 Å². The number of aliphatic imine (C=N–C) groups is 1. The molecular formula is C21H27IN4O. The van der Waals surface area contributed by atoms with Gasteiger partial charge in [0.05, 0.1) is 13.7 Å². The van der Waals surface area contributed by atoms with Gasteiger partial charge in [-0.2, -0.15) is 0 Å². The Labute approximate surface area is 177 Å². The fraction of sp³-hybridized carbons (Fsp3) is 0.286. The van der Waals surface area contributed by atoms with E-state index in [0.29, 0.717) is 6.54 Å². The third kappa shape index (κ3) is 5.89. The fourth-order valence-corrected chi connectivity index (χ4v) is 2.94. The molecule has 0 amide bonds. The number of halogens is 1. The number of aromatic nitrogens is 1. The third-order valence-electron chi connectivity index (χ3n) is 4.26. The number of aromatic amines is 1. The van der Waals surface area contributed by atoms with E-state index in [1.807, 2.05) is 18.2 Å². The molecule has 0 radical (unpaired) electrons. The van der Waals surface area contributed by atoms with Crippen LogP contribution in [0, 0.1) is 0 Å². The maximum atomic E-state index is 5.27. The monoisotopic (exact) mass is 478 g/mol. The van der Waals surface area contributed by atoms with Crippen LogP contribution in [0.25, 0.3) is 10.9 Å². The molecule has 0 spiro atoms. The largest absolute Gasteiger partial charge is 0.497 e. The number of H-pyrrole nitrogens is 1. The van der Waals surface area contributed by atoms with Crippen LogP contribution < -0.4 is 15.4 Å². The Kier molecular flexibility index (Phi) is 8.44. The highest BCUT2D eigenvalue weighted by Crippen LogP contribution is 2.17. The number of para-hydroxylation sites is 1. The number of guanidine groups is 1. The standard InChI is InChI=1S/C21H26N4O.HI/c1-3-22-21(25-14-16-7-6-8-18(13-16)26-2)23-12-11-17-15-24-20-10-5-4-9-19(17)20;/h4-10,13,15,24H,3,11-12,14H2,1-2H3,(H2,22,23,25);1H. The SMILES string of the molecule is CCNC(=NCc1cccc(OC)c1)NCCc1c[nH]c2ccccc12.I. The summed E-state index contributed by atoms with van der Waals surface area (Å²) in [5.74, 6) is 1.69. The average Bonchev–Trinajstić information content (AvgIpc) is 3.09. The Morgan fingerprint density at radius 2 is 1.96 bits per heavy atom. The molecule has 0 fully saturated rings. The van der Waals surface area contributed by atoms with E-state index in [1.165, 1.54) is 16.5 Å². The van der Waals surface area contributed by atoms with Gasteiger partial charge in [-0.3, -0.25) is 0 Å². The summed E-state index contributed by atoms with van der Waals surface area (Å²) in [5, 5.41) is 8.00. The van der Waals surface area contributed by atoms with E-state index in [0.717, 1.165) is 36.8 Å². The second-order valence-corrected chi connectivity index (χ2v) is 6.08. The Morgan fingerprint density at radius 3 is 2.78 bits per heavy atom. The van der Waals surface area contributed by atoms with E-state index in [9.17, 15) is 0 Å². The van der Waals surface area contributed by atoms with Crippen molar-refractivity contribution in [3.63, 3.8) is 0 Å². The number of hydrogen-bond acceptors (Lipinski definition) is 2. The minimum atomic E-state index is 0. The van der Waals surface area contributed by atoms with E-state index in [-0.39, 0.29) is 24.0 Å². The van der Waals surface area contributed by atoms with Gasteiger partial charge in [0.1, 0.15) is 5.75 Å². The summed E-state index contributed by atoms with van der Waals surface area (Å²) in [6.45, 7) is 4.34. The number of nitrogens with one attached hydrogen (secondary N) is 3. The number of rotatable bonds is 7. The summed E-state index contributed by atoms with van der Waals surface area (Å²) in [7, 11) is 1.68. The van der Waals surface area contributed by atoms with E-state index in [1.54, 1.807) is 7.11 Å². The van der Waals surface area contributed by atoms with Crippen molar-refractivity contribution >= 4 is 40.8 Å². The lowest BCUT2D eigenvalue weighted by molar-refractivity contribution is 0.414. The number of ether oxygens (including phenoxy) is 1. The minimum Gasteiger partial charge on any atom is -0.497 e. The van der Waals surface area contributed by atoms with Crippen LogP contribution in [0.2, 0.25) is 0 Å². The van der Waals surface area contributed by atoms with Gasteiger partial charge in [-0.15, -0.1) is 24.0 Å². The Morgan fingerprint density at radius 1 is 1.11 bits per heavy atom. The molecule has 5 nitrogen and oxygen atoms in total. The molecular weight excluding hydrogens is 451 g/mol. The molecule has 0 saturated heterocycles.